The third-order valence-electron chi connectivity index (χ3n) is 4.73. The summed E-state index contributed by atoms with van der Waals surface area (Å²) >= 11 is 0. The molecule has 7 heteroatoms. The Labute approximate surface area is 173 Å². The number of hydrogen-bond donors (Lipinski definition) is 1. The van der Waals surface area contributed by atoms with E-state index in [1.165, 1.54) is 26.2 Å². The molecule has 0 spiro atoms. The molecule has 0 saturated heterocycles. The van der Waals surface area contributed by atoms with E-state index in [-0.39, 0.29) is 5.56 Å². The second-order valence-corrected chi connectivity index (χ2v) is 6.80. The van der Waals surface area contributed by atoms with Crippen LogP contribution in [0.4, 0.5) is 5.69 Å². The summed E-state index contributed by atoms with van der Waals surface area (Å²) in [6.45, 7) is 2.29. The van der Waals surface area contributed by atoms with Gasteiger partial charge in [0.05, 0.1) is 12.7 Å². The molecular weight excluding hydrogens is 386 g/mol. The highest BCUT2D eigenvalue weighted by Gasteiger charge is 2.24. The van der Waals surface area contributed by atoms with Crippen LogP contribution in [0.1, 0.15) is 17.3 Å². The summed E-state index contributed by atoms with van der Waals surface area (Å²) in [5.41, 5.74) is 0.837. The van der Waals surface area contributed by atoms with Crippen LogP contribution in [-0.2, 0) is 9.53 Å². The summed E-state index contributed by atoms with van der Waals surface area (Å²) in [7, 11) is 1.47. The van der Waals surface area contributed by atoms with E-state index >= 15 is 0 Å². The number of esters is 1. The maximum Gasteiger partial charge on any atom is 0.339 e. The fraction of sp³-hybridized carbons (Fsp3) is 0.217. The van der Waals surface area contributed by atoms with Crippen LogP contribution in [0.3, 0.4) is 0 Å². The van der Waals surface area contributed by atoms with Crippen LogP contribution in [0.5, 0.6) is 17.2 Å². The van der Waals surface area contributed by atoms with Gasteiger partial charge in [-0.25, -0.2) is 4.79 Å². The molecule has 1 atom stereocenters. The molecule has 0 saturated carbocycles. The van der Waals surface area contributed by atoms with Crippen LogP contribution >= 0.6 is 0 Å². The molecule has 1 aliphatic rings. The first kappa shape index (κ1) is 19.6. The Morgan fingerprint density at radius 3 is 2.57 bits per heavy atom. The highest BCUT2D eigenvalue weighted by atomic mass is 16.6. The van der Waals surface area contributed by atoms with Gasteiger partial charge in [-0.3, -0.25) is 4.79 Å². The Hall–Kier alpha value is -3.74. The maximum atomic E-state index is 12.6. The highest BCUT2D eigenvalue weighted by Crippen LogP contribution is 2.40. The van der Waals surface area contributed by atoms with E-state index in [9.17, 15) is 9.59 Å². The van der Waals surface area contributed by atoms with Crippen LogP contribution in [0.25, 0.3) is 10.8 Å². The summed E-state index contributed by atoms with van der Waals surface area (Å²) in [5.74, 6) is 0.130. The van der Waals surface area contributed by atoms with Crippen molar-refractivity contribution in [2.24, 2.45) is 0 Å². The monoisotopic (exact) mass is 407 g/mol. The summed E-state index contributed by atoms with van der Waals surface area (Å²) in [6.07, 6.45) is -0.997. The average Bonchev–Trinajstić information content (AvgIpc) is 2.78. The third kappa shape index (κ3) is 4.00. The molecule has 0 aromatic heterocycles. The highest BCUT2D eigenvalue weighted by molar-refractivity contribution is 5.99. The second kappa shape index (κ2) is 8.32. The number of anilines is 1. The molecule has 0 bridgehead atoms. The number of nitrogens with one attached hydrogen (secondary N) is 1. The molecule has 7 nitrogen and oxygen atoms in total. The number of amides is 1. The van der Waals surface area contributed by atoms with Gasteiger partial charge in [-0.1, -0.05) is 30.3 Å². The van der Waals surface area contributed by atoms with Gasteiger partial charge in [0.2, 0.25) is 5.75 Å². The van der Waals surface area contributed by atoms with Gasteiger partial charge in [-0.05, 0) is 42.0 Å². The second-order valence-electron chi connectivity index (χ2n) is 6.80. The molecule has 3 aromatic carbocycles. The van der Waals surface area contributed by atoms with Crippen molar-refractivity contribution in [3.63, 3.8) is 0 Å². The molecule has 0 aliphatic carbocycles. The van der Waals surface area contributed by atoms with Gasteiger partial charge in [-0.2, -0.15) is 0 Å². The predicted molar refractivity (Wildman–Crippen MR) is 111 cm³/mol. The first-order chi connectivity index (χ1) is 14.5. The first-order valence-electron chi connectivity index (χ1n) is 9.53. The molecule has 4 rings (SSSR count). The Morgan fingerprint density at radius 1 is 1.00 bits per heavy atom. The first-order valence-corrected chi connectivity index (χ1v) is 9.53. The fourth-order valence-electron chi connectivity index (χ4n) is 3.18. The zero-order chi connectivity index (χ0) is 21.1. The molecule has 30 heavy (non-hydrogen) atoms. The minimum Gasteiger partial charge on any atom is -0.493 e. The molecule has 154 valence electrons. The lowest BCUT2D eigenvalue weighted by atomic mass is 10.1. The zero-order valence-electron chi connectivity index (χ0n) is 16.6. The Morgan fingerprint density at radius 2 is 1.77 bits per heavy atom. The van der Waals surface area contributed by atoms with Crippen molar-refractivity contribution in [3.05, 3.63) is 60.2 Å². The number of carbonyl (C=O) groups excluding carboxylic acids is 2. The SMILES string of the molecule is COc1cc(C(=O)O[C@H](C)C(=O)Nc2ccc3ccccc3c2)cc2c1OCCO2. The number of methoxy groups -OCH3 is 1. The summed E-state index contributed by atoms with van der Waals surface area (Å²) < 4.78 is 21.7. The van der Waals surface area contributed by atoms with Gasteiger partial charge in [0.15, 0.2) is 17.6 Å². The molecule has 0 fully saturated rings. The number of benzene rings is 3. The van der Waals surface area contributed by atoms with Crippen molar-refractivity contribution in [2.75, 3.05) is 25.6 Å². The Kier molecular flexibility index (Phi) is 5.43. The van der Waals surface area contributed by atoms with Crippen molar-refractivity contribution in [1.29, 1.82) is 0 Å². The Balaban J connectivity index is 1.45. The van der Waals surface area contributed by atoms with Crippen LogP contribution < -0.4 is 19.5 Å². The van der Waals surface area contributed by atoms with Crippen molar-refractivity contribution in [2.45, 2.75) is 13.0 Å². The third-order valence-corrected chi connectivity index (χ3v) is 4.73. The van der Waals surface area contributed by atoms with Gasteiger partial charge in [-0.15, -0.1) is 0 Å². The molecular formula is C23H21NO6. The Bertz CT molecular complexity index is 1090. The van der Waals surface area contributed by atoms with Crippen molar-refractivity contribution in [1.82, 2.24) is 0 Å². The zero-order valence-corrected chi connectivity index (χ0v) is 16.6. The summed E-state index contributed by atoms with van der Waals surface area (Å²) in [5, 5.41) is 4.85. The van der Waals surface area contributed by atoms with Crippen LogP contribution in [0.2, 0.25) is 0 Å². The van der Waals surface area contributed by atoms with E-state index in [2.05, 4.69) is 5.32 Å². The standard InChI is InChI=1S/C23H21NO6/c1-14(22(25)24-18-8-7-15-5-3-4-6-16(15)11-18)30-23(26)17-12-19(27-2)21-20(13-17)28-9-10-29-21/h3-8,11-14H,9-10H2,1-2H3,(H,24,25)/t14-/m1/s1. The number of fused-ring (bicyclic) bond motifs is 2. The lowest BCUT2D eigenvalue weighted by Gasteiger charge is -2.21. The van der Waals surface area contributed by atoms with E-state index in [1.54, 1.807) is 6.07 Å². The van der Waals surface area contributed by atoms with E-state index < -0.39 is 18.0 Å². The summed E-state index contributed by atoms with van der Waals surface area (Å²) in [6, 6.07) is 16.5. The number of hydrogen-bond acceptors (Lipinski definition) is 6. The van der Waals surface area contributed by atoms with Crippen LogP contribution in [-0.4, -0.2) is 38.3 Å². The molecule has 1 aliphatic heterocycles. The van der Waals surface area contributed by atoms with E-state index in [0.717, 1.165) is 10.8 Å². The predicted octanol–water partition coefficient (Wildman–Crippen LogP) is 3.80. The molecule has 0 unspecified atom stereocenters. The van der Waals surface area contributed by atoms with E-state index in [0.29, 0.717) is 36.1 Å². The van der Waals surface area contributed by atoms with Crippen LogP contribution in [0, 0.1) is 0 Å². The van der Waals surface area contributed by atoms with E-state index in [1.807, 2.05) is 36.4 Å². The molecule has 3 aromatic rings. The molecule has 1 heterocycles. The van der Waals surface area contributed by atoms with Gasteiger partial charge in [0.25, 0.3) is 5.91 Å². The van der Waals surface area contributed by atoms with Gasteiger partial charge in [0, 0.05) is 5.69 Å². The topological polar surface area (TPSA) is 83.1 Å². The van der Waals surface area contributed by atoms with Gasteiger partial charge < -0.3 is 24.3 Å². The quantitative estimate of drug-likeness (QED) is 0.648. The van der Waals surface area contributed by atoms with Gasteiger partial charge in [0.1, 0.15) is 13.2 Å². The molecule has 1 N–H and O–H groups in total. The fourth-order valence-corrected chi connectivity index (χ4v) is 3.18. The molecule has 0 radical (unpaired) electrons. The van der Waals surface area contributed by atoms with Crippen LogP contribution in [0.15, 0.2) is 54.6 Å². The number of ether oxygens (including phenoxy) is 4. The van der Waals surface area contributed by atoms with E-state index in [4.69, 9.17) is 18.9 Å². The largest absolute Gasteiger partial charge is 0.493 e. The van der Waals surface area contributed by atoms with Crippen molar-refractivity contribution >= 4 is 28.3 Å². The smallest absolute Gasteiger partial charge is 0.339 e. The molecule has 1 amide bonds. The number of rotatable bonds is 5. The van der Waals surface area contributed by atoms with Gasteiger partial charge >= 0.3 is 5.97 Å². The van der Waals surface area contributed by atoms with Crippen molar-refractivity contribution in [3.8, 4) is 17.2 Å². The van der Waals surface area contributed by atoms with Crippen molar-refractivity contribution < 1.29 is 28.5 Å². The lowest BCUT2D eigenvalue weighted by Crippen LogP contribution is -2.30. The number of carbonyl (C=O) groups is 2. The summed E-state index contributed by atoms with van der Waals surface area (Å²) in [4.78, 5) is 25.1. The normalized spacial score (nSPS) is 13.4. The minimum atomic E-state index is -0.997. The lowest BCUT2D eigenvalue weighted by molar-refractivity contribution is -0.123. The average molecular weight is 407 g/mol. The maximum absolute atomic E-state index is 12.6. The minimum absolute atomic E-state index is 0.210.